The molecule has 0 aromatic carbocycles. The lowest BCUT2D eigenvalue weighted by molar-refractivity contribution is 0.344. The van der Waals surface area contributed by atoms with E-state index in [2.05, 4.69) is 5.32 Å². The van der Waals surface area contributed by atoms with Crippen LogP contribution in [0.4, 0.5) is 0 Å². The second-order valence-electron chi connectivity index (χ2n) is 2.84. The van der Waals surface area contributed by atoms with Gasteiger partial charge in [-0.15, -0.1) is 0 Å². The summed E-state index contributed by atoms with van der Waals surface area (Å²) in [5.74, 6) is 0. The van der Waals surface area contributed by atoms with Gasteiger partial charge in [-0.2, -0.15) is 0 Å². The van der Waals surface area contributed by atoms with Crippen LogP contribution >= 0.6 is 0 Å². The van der Waals surface area contributed by atoms with Crippen molar-refractivity contribution in [1.29, 1.82) is 0 Å². The Morgan fingerprint density at radius 1 is 1.33 bits per heavy atom. The van der Waals surface area contributed by atoms with E-state index in [1.807, 2.05) is 7.05 Å². The average molecular weight is 128 g/mol. The monoisotopic (exact) mass is 128 g/mol. The molecule has 1 rings (SSSR count). The fraction of sp³-hybridized carbons (Fsp3) is 1.00. The van der Waals surface area contributed by atoms with Crippen LogP contribution in [-0.2, 0) is 0 Å². The third-order valence-corrected chi connectivity index (χ3v) is 2.19. The molecule has 2 atom stereocenters. The molecule has 0 radical (unpaired) electrons. The Balaban J connectivity index is 2.30. The van der Waals surface area contributed by atoms with Gasteiger partial charge in [0.05, 0.1) is 0 Å². The van der Waals surface area contributed by atoms with E-state index in [1.54, 1.807) is 0 Å². The smallest absolute Gasteiger partial charge is 0.0216 e. The number of hydrogen-bond donors (Lipinski definition) is 2. The Morgan fingerprint density at radius 3 is 2.44 bits per heavy atom. The van der Waals surface area contributed by atoms with Gasteiger partial charge >= 0.3 is 0 Å². The van der Waals surface area contributed by atoms with E-state index in [4.69, 9.17) is 5.73 Å². The molecular formula is C7H16N2. The highest BCUT2D eigenvalue weighted by Crippen LogP contribution is 2.15. The maximum atomic E-state index is 5.83. The summed E-state index contributed by atoms with van der Waals surface area (Å²) in [6, 6.07) is 0.988. The van der Waals surface area contributed by atoms with Crippen molar-refractivity contribution in [2.75, 3.05) is 7.05 Å². The fourth-order valence-electron chi connectivity index (χ4n) is 1.52. The van der Waals surface area contributed by atoms with Crippen LogP contribution in [0.1, 0.15) is 25.7 Å². The van der Waals surface area contributed by atoms with Gasteiger partial charge in [0.2, 0.25) is 0 Å². The van der Waals surface area contributed by atoms with Crippen molar-refractivity contribution in [1.82, 2.24) is 5.32 Å². The van der Waals surface area contributed by atoms with Gasteiger partial charge in [0.15, 0.2) is 0 Å². The van der Waals surface area contributed by atoms with Crippen LogP contribution in [0.25, 0.3) is 0 Å². The molecule has 0 aromatic heterocycles. The van der Waals surface area contributed by atoms with Crippen LogP contribution in [0.2, 0.25) is 0 Å². The molecule has 54 valence electrons. The van der Waals surface area contributed by atoms with E-state index in [-0.39, 0.29) is 0 Å². The number of rotatable bonds is 1. The molecule has 0 aromatic rings. The molecule has 2 heteroatoms. The zero-order chi connectivity index (χ0) is 6.69. The molecule has 0 amide bonds. The summed E-state index contributed by atoms with van der Waals surface area (Å²) in [5.41, 5.74) is 5.83. The average Bonchev–Trinajstić information content (AvgIpc) is 1.89. The third-order valence-electron chi connectivity index (χ3n) is 2.19. The van der Waals surface area contributed by atoms with Crippen LogP contribution in [0.3, 0.4) is 0 Å². The number of nitrogens with one attached hydrogen (secondary N) is 1. The van der Waals surface area contributed by atoms with E-state index in [0.717, 1.165) is 0 Å². The lowest BCUT2D eigenvalue weighted by atomic mass is 9.91. The quantitative estimate of drug-likeness (QED) is 0.539. The Morgan fingerprint density at radius 2 is 2.00 bits per heavy atom. The molecular weight excluding hydrogens is 112 g/mol. The lowest BCUT2D eigenvalue weighted by Gasteiger charge is -2.27. The van der Waals surface area contributed by atoms with Gasteiger partial charge in [-0.3, -0.25) is 0 Å². The maximum Gasteiger partial charge on any atom is 0.0216 e. The predicted molar refractivity (Wildman–Crippen MR) is 39.3 cm³/mol. The summed E-state index contributed by atoms with van der Waals surface area (Å²) in [6.07, 6.45) is 5.13. The first-order chi connectivity index (χ1) is 4.34. The van der Waals surface area contributed by atoms with Crippen LogP contribution in [0.15, 0.2) is 0 Å². The van der Waals surface area contributed by atoms with Crippen molar-refractivity contribution < 1.29 is 0 Å². The second-order valence-corrected chi connectivity index (χ2v) is 2.84. The first-order valence-electron chi connectivity index (χ1n) is 3.77. The number of nitrogens with two attached hydrogens (primary N) is 1. The Labute approximate surface area is 56.8 Å². The van der Waals surface area contributed by atoms with Crippen molar-refractivity contribution in [3.63, 3.8) is 0 Å². The minimum atomic E-state index is 0.406. The van der Waals surface area contributed by atoms with Gasteiger partial charge in [-0.25, -0.2) is 0 Å². The second kappa shape index (κ2) is 3.18. The summed E-state index contributed by atoms with van der Waals surface area (Å²) in [6.45, 7) is 0. The van der Waals surface area contributed by atoms with Crippen molar-refractivity contribution >= 4 is 0 Å². The maximum absolute atomic E-state index is 5.83. The highest BCUT2D eigenvalue weighted by molar-refractivity contribution is 4.81. The predicted octanol–water partition coefficient (Wildman–Crippen LogP) is 0.476. The topological polar surface area (TPSA) is 38.0 Å². The van der Waals surface area contributed by atoms with Crippen molar-refractivity contribution in [2.45, 2.75) is 37.8 Å². The standard InChI is InChI=1S/C7H16N2/c1-9-7-5-3-2-4-6(7)8/h6-7,9H,2-5,8H2,1H3/t6-,7?/m1/s1. The first kappa shape index (κ1) is 7.03. The molecule has 1 aliphatic carbocycles. The third kappa shape index (κ3) is 1.66. The molecule has 9 heavy (non-hydrogen) atoms. The van der Waals surface area contributed by atoms with E-state index >= 15 is 0 Å². The van der Waals surface area contributed by atoms with E-state index in [1.165, 1.54) is 25.7 Å². The van der Waals surface area contributed by atoms with Crippen LogP contribution in [0.5, 0.6) is 0 Å². The van der Waals surface area contributed by atoms with Gasteiger partial charge in [-0.05, 0) is 19.9 Å². The summed E-state index contributed by atoms with van der Waals surface area (Å²) in [7, 11) is 2.00. The van der Waals surface area contributed by atoms with Gasteiger partial charge < -0.3 is 11.1 Å². The lowest BCUT2D eigenvalue weighted by Crippen LogP contribution is -2.45. The van der Waals surface area contributed by atoms with E-state index < -0.39 is 0 Å². The molecule has 0 heterocycles. The van der Waals surface area contributed by atoms with Crippen molar-refractivity contribution in [3.8, 4) is 0 Å². The Bertz CT molecular complexity index is 83.0. The molecule has 1 fully saturated rings. The molecule has 1 saturated carbocycles. The molecule has 0 spiro atoms. The molecule has 1 aliphatic rings. The minimum absolute atomic E-state index is 0.406. The van der Waals surface area contributed by atoms with Gasteiger partial charge in [0.25, 0.3) is 0 Å². The molecule has 0 bridgehead atoms. The molecule has 2 nitrogen and oxygen atoms in total. The van der Waals surface area contributed by atoms with Crippen LogP contribution in [-0.4, -0.2) is 19.1 Å². The minimum Gasteiger partial charge on any atom is -0.326 e. The van der Waals surface area contributed by atoms with Crippen LogP contribution < -0.4 is 11.1 Å². The highest BCUT2D eigenvalue weighted by Gasteiger charge is 2.18. The number of likely N-dealkylation sites (N-methyl/N-ethyl adjacent to an activating group) is 1. The molecule has 0 saturated heterocycles. The zero-order valence-electron chi connectivity index (χ0n) is 6.06. The normalized spacial score (nSPS) is 36.7. The SMILES string of the molecule is CNC1CCCC[C@H]1N. The summed E-state index contributed by atoms with van der Waals surface area (Å²) < 4.78 is 0. The largest absolute Gasteiger partial charge is 0.326 e. The zero-order valence-corrected chi connectivity index (χ0v) is 6.06. The number of hydrogen-bond acceptors (Lipinski definition) is 2. The van der Waals surface area contributed by atoms with E-state index in [0.29, 0.717) is 12.1 Å². The highest BCUT2D eigenvalue weighted by atomic mass is 14.9. The van der Waals surface area contributed by atoms with Gasteiger partial charge in [0, 0.05) is 12.1 Å². The Hall–Kier alpha value is -0.0800. The van der Waals surface area contributed by atoms with E-state index in [9.17, 15) is 0 Å². The summed E-state index contributed by atoms with van der Waals surface area (Å²) in [4.78, 5) is 0. The Kier molecular flexibility index (Phi) is 2.49. The molecule has 3 N–H and O–H groups in total. The van der Waals surface area contributed by atoms with Gasteiger partial charge in [-0.1, -0.05) is 12.8 Å². The van der Waals surface area contributed by atoms with Crippen LogP contribution in [0, 0.1) is 0 Å². The molecule has 0 aliphatic heterocycles. The summed E-state index contributed by atoms with van der Waals surface area (Å²) >= 11 is 0. The van der Waals surface area contributed by atoms with Gasteiger partial charge in [0.1, 0.15) is 0 Å². The van der Waals surface area contributed by atoms with Crippen molar-refractivity contribution in [3.05, 3.63) is 0 Å². The fourth-order valence-corrected chi connectivity index (χ4v) is 1.52. The first-order valence-corrected chi connectivity index (χ1v) is 3.77. The van der Waals surface area contributed by atoms with Crippen molar-refractivity contribution in [2.24, 2.45) is 5.73 Å². The molecule has 1 unspecified atom stereocenters. The summed E-state index contributed by atoms with van der Waals surface area (Å²) in [5, 5.41) is 3.23.